The fraction of sp³-hybridized carbons (Fsp3) is 0.281. The van der Waals surface area contributed by atoms with Crippen molar-refractivity contribution < 1.29 is 28.6 Å². The van der Waals surface area contributed by atoms with E-state index in [2.05, 4.69) is 77.1 Å². The van der Waals surface area contributed by atoms with Crippen molar-refractivity contribution in [1.82, 2.24) is 30.3 Å². The SMILES string of the molecule is CCNC(=O)c1nnc(-c2cc(C(C)C)c(OCc3ccccc3)cc2OCc2ccccc2)n1-c1ccc(CC2CCN(C(=O)CNC(=O)OCC3c4ccccc4-c4ccccc43)CC2)cc1. The Kier molecular flexibility index (Phi) is 14.4. The van der Waals surface area contributed by atoms with Crippen LogP contribution in [0.25, 0.3) is 28.2 Å². The van der Waals surface area contributed by atoms with Gasteiger partial charge in [0.2, 0.25) is 11.7 Å². The number of nitrogens with one attached hydrogen (secondary N) is 2. The maximum atomic E-state index is 13.6. The molecular weight excluding hydrogens is 865 g/mol. The number of carbonyl (C=O) groups excluding carboxylic acids is 3. The molecule has 9 rings (SSSR count). The molecule has 352 valence electrons. The molecule has 0 saturated carbocycles. The molecule has 6 aromatic carbocycles. The lowest BCUT2D eigenvalue weighted by Gasteiger charge is -2.32. The van der Waals surface area contributed by atoms with Crippen LogP contribution >= 0.6 is 0 Å². The van der Waals surface area contributed by atoms with Crippen molar-refractivity contribution >= 4 is 17.9 Å². The first kappa shape index (κ1) is 46.4. The van der Waals surface area contributed by atoms with E-state index in [1.54, 1.807) is 4.57 Å². The van der Waals surface area contributed by atoms with Crippen LogP contribution in [0.1, 0.15) is 89.4 Å². The molecule has 1 aromatic heterocycles. The number of carbonyl (C=O) groups is 3. The molecular formula is C57H58N6O6. The molecule has 1 aliphatic carbocycles. The van der Waals surface area contributed by atoms with E-state index in [0.717, 1.165) is 69.5 Å². The Morgan fingerprint density at radius 2 is 1.26 bits per heavy atom. The summed E-state index contributed by atoms with van der Waals surface area (Å²) in [6, 6.07) is 48.6. The van der Waals surface area contributed by atoms with E-state index in [1.165, 1.54) is 0 Å². The van der Waals surface area contributed by atoms with Crippen molar-refractivity contribution in [2.24, 2.45) is 5.92 Å². The molecule has 0 atom stereocenters. The van der Waals surface area contributed by atoms with Crippen LogP contribution < -0.4 is 20.1 Å². The van der Waals surface area contributed by atoms with Gasteiger partial charge in [0.15, 0.2) is 5.82 Å². The molecule has 1 saturated heterocycles. The van der Waals surface area contributed by atoms with Crippen LogP contribution in [-0.4, -0.2) is 70.4 Å². The first-order chi connectivity index (χ1) is 33.7. The zero-order chi connectivity index (χ0) is 47.7. The van der Waals surface area contributed by atoms with E-state index in [9.17, 15) is 14.4 Å². The number of amides is 3. The van der Waals surface area contributed by atoms with Gasteiger partial charge in [-0.05, 0) is 101 Å². The molecule has 7 aromatic rings. The second-order valence-corrected chi connectivity index (χ2v) is 18.0. The van der Waals surface area contributed by atoms with Gasteiger partial charge >= 0.3 is 6.09 Å². The van der Waals surface area contributed by atoms with Crippen molar-refractivity contribution in [2.75, 3.05) is 32.8 Å². The number of piperidine rings is 1. The smallest absolute Gasteiger partial charge is 0.407 e. The van der Waals surface area contributed by atoms with Gasteiger partial charge in [0.1, 0.15) is 37.9 Å². The lowest BCUT2D eigenvalue weighted by atomic mass is 9.90. The van der Waals surface area contributed by atoms with Crippen LogP contribution in [0.5, 0.6) is 11.5 Å². The van der Waals surface area contributed by atoms with Crippen LogP contribution in [-0.2, 0) is 29.2 Å². The molecule has 1 aliphatic heterocycles. The Morgan fingerprint density at radius 3 is 1.87 bits per heavy atom. The van der Waals surface area contributed by atoms with Gasteiger partial charge in [-0.3, -0.25) is 14.2 Å². The number of nitrogens with zero attached hydrogens (tertiary/aromatic N) is 4. The van der Waals surface area contributed by atoms with Gasteiger partial charge in [-0.1, -0.05) is 135 Å². The number of fused-ring (bicyclic) bond motifs is 3. The highest BCUT2D eigenvalue weighted by Crippen LogP contribution is 2.45. The van der Waals surface area contributed by atoms with Crippen LogP contribution in [0.3, 0.4) is 0 Å². The molecule has 1 fully saturated rings. The molecule has 69 heavy (non-hydrogen) atoms. The van der Waals surface area contributed by atoms with E-state index in [1.807, 2.05) is 115 Å². The number of benzene rings is 6. The summed E-state index contributed by atoms with van der Waals surface area (Å²) in [6.45, 7) is 8.54. The Balaban J connectivity index is 0.864. The predicted molar refractivity (Wildman–Crippen MR) is 267 cm³/mol. The highest BCUT2D eigenvalue weighted by Gasteiger charge is 2.30. The maximum absolute atomic E-state index is 13.6. The third kappa shape index (κ3) is 10.7. The minimum absolute atomic E-state index is 0.0503. The average Bonchev–Trinajstić information content (AvgIpc) is 3.97. The van der Waals surface area contributed by atoms with Gasteiger partial charge in [-0.15, -0.1) is 10.2 Å². The first-order valence-corrected chi connectivity index (χ1v) is 23.9. The summed E-state index contributed by atoms with van der Waals surface area (Å²) >= 11 is 0. The molecule has 0 unspecified atom stereocenters. The van der Waals surface area contributed by atoms with Crippen molar-refractivity contribution in [3.63, 3.8) is 0 Å². The molecule has 3 amide bonds. The second-order valence-electron chi connectivity index (χ2n) is 18.0. The van der Waals surface area contributed by atoms with Gasteiger partial charge < -0.3 is 29.7 Å². The van der Waals surface area contributed by atoms with Crippen molar-refractivity contribution in [1.29, 1.82) is 0 Å². The van der Waals surface area contributed by atoms with Crippen molar-refractivity contribution in [3.05, 3.63) is 185 Å². The number of rotatable bonds is 17. The molecule has 2 N–H and O–H groups in total. The standard InChI is InChI=1S/C57H58N6O6/c1-4-58-56(65)55-61-60-54(49-32-48(38(2)3)51(67-35-41-15-7-5-8-16-41)33-52(49)68-36-42-17-9-6-10-18-42)63(55)43-25-23-39(24-26-43)31-40-27-29-62(30-28-40)53(64)34-59-57(66)69-37-50-46-21-13-11-19-44(46)45-20-12-14-22-47(45)50/h5-26,32-33,38,40,50H,4,27-31,34-37H2,1-3H3,(H,58,65)(H,59,66). The first-order valence-electron chi connectivity index (χ1n) is 23.9. The molecule has 12 nitrogen and oxygen atoms in total. The molecule has 0 spiro atoms. The second kappa shape index (κ2) is 21.5. The fourth-order valence-corrected chi connectivity index (χ4v) is 9.42. The molecule has 0 bridgehead atoms. The maximum Gasteiger partial charge on any atom is 0.407 e. The Labute approximate surface area is 403 Å². The third-order valence-corrected chi connectivity index (χ3v) is 13.1. The van der Waals surface area contributed by atoms with Gasteiger partial charge in [-0.25, -0.2) is 4.79 Å². The topological polar surface area (TPSA) is 137 Å². The monoisotopic (exact) mass is 922 g/mol. The third-order valence-electron chi connectivity index (χ3n) is 13.1. The normalized spacial score (nSPS) is 13.4. The predicted octanol–water partition coefficient (Wildman–Crippen LogP) is 10.3. The van der Waals surface area contributed by atoms with E-state index in [4.69, 9.17) is 14.2 Å². The van der Waals surface area contributed by atoms with Gasteiger partial charge in [0.05, 0.1) is 5.56 Å². The Bertz CT molecular complexity index is 2850. The van der Waals surface area contributed by atoms with E-state index in [-0.39, 0.29) is 42.6 Å². The Hall–Kier alpha value is -7.73. The van der Waals surface area contributed by atoms with Crippen LogP contribution in [0.15, 0.2) is 146 Å². The molecule has 0 radical (unpaired) electrons. The molecule has 12 heteroatoms. The number of hydrogen-bond donors (Lipinski definition) is 2. The summed E-state index contributed by atoms with van der Waals surface area (Å²) in [5.74, 6) is 1.84. The van der Waals surface area contributed by atoms with Gasteiger partial charge in [-0.2, -0.15) is 0 Å². The molecule has 2 aliphatic rings. The number of likely N-dealkylation sites (tertiary alicyclic amines) is 1. The average molecular weight is 923 g/mol. The zero-order valence-electron chi connectivity index (χ0n) is 39.4. The van der Waals surface area contributed by atoms with Gasteiger partial charge in [0, 0.05) is 37.3 Å². The van der Waals surface area contributed by atoms with Crippen molar-refractivity contribution in [3.8, 4) is 39.7 Å². The summed E-state index contributed by atoms with van der Waals surface area (Å²) in [6.07, 6.45) is 1.91. The minimum Gasteiger partial charge on any atom is -0.488 e. The zero-order valence-corrected chi connectivity index (χ0v) is 39.4. The number of hydrogen-bond acceptors (Lipinski definition) is 8. The summed E-state index contributed by atoms with van der Waals surface area (Å²) in [7, 11) is 0. The molecule has 2 heterocycles. The van der Waals surface area contributed by atoms with Gasteiger partial charge in [0.25, 0.3) is 5.91 Å². The number of ether oxygens (including phenoxy) is 3. The van der Waals surface area contributed by atoms with Crippen LogP contribution in [0.2, 0.25) is 0 Å². The highest BCUT2D eigenvalue weighted by atomic mass is 16.5. The summed E-state index contributed by atoms with van der Waals surface area (Å²) in [5, 5.41) is 14.7. The van der Waals surface area contributed by atoms with E-state index < -0.39 is 6.09 Å². The van der Waals surface area contributed by atoms with E-state index >= 15 is 0 Å². The lowest BCUT2D eigenvalue weighted by molar-refractivity contribution is -0.131. The summed E-state index contributed by atoms with van der Waals surface area (Å²) in [4.78, 5) is 41.5. The summed E-state index contributed by atoms with van der Waals surface area (Å²) in [5.41, 5.74) is 10.2. The minimum atomic E-state index is -0.598. The van der Waals surface area contributed by atoms with Crippen molar-refractivity contribution in [2.45, 2.75) is 65.1 Å². The lowest BCUT2D eigenvalue weighted by Crippen LogP contribution is -2.44. The van der Waals surface area contributed by atoms with Crippen LogP contribution in [0.4, 0.5) is 4.79 Å². The quantitative estimate of drug-likeness (QED) is 0.0921. The number of alkyl carbamates (subject to hydrolysis) is 1. The summed E-state index contributed by atoms with van der Waals surface area (Å²) < 4.78 is 20.5. The van der Waals surface area contributed by atoms with E-state index in [0.29, 0.717) is 61.7 Å². The Morgan fingerprint density at radius 1 is 0.667 bits per heavy atom. The largest absolute Gasteiger partial charge is 0.488 e. The van der Waals surface area contributed by atoms with Crippen LogP contribution in [0, 0.1) is 5.92 Å². The fourth-order valence-electron chi connectivity index (χ4n) is 9.42. The highest BCUT2D eigenvalue weighted by molar-refractivity contribution is 5.92. The number of aromatic nitrogens is 3.